The van der Waals surface area contributed by atoms with Crippen molar-refractivity contribution in [3.05, 3.63) is 0 Å². The van der Waals surface area contributed by atoms with Crippen molar-refractivity contribution in [3.63, 3.8) is 0 Å². The van der Waals surface area contributed by atoms with Crippen molar-refractivity contribution in [2.45, 2.75) is 63.6 Å². The molecule has 3 unspecified atom stereocenters. The lowest BCUT2D eigenvalue weighted by molar-refractivity contribution is -0.163. The molecule has 2 fully saturated rings. The highest BCUT2D eigenvalue weighted by Gasteiger charge is 2.41. The molecule has 0 aromatic rings. The smallest absolute Gasteiger partial charge is 0.309 e. The van der Waals surface area contributed by atoms with Gasteiger partial charge in [0.25, 0.3) is 0 Å². The maximum absolute atomic E-state index is 12.0. The molecule has 0 bridgehead atoms. The molecule has 0 spiro atoms. The average Bonchev–Trinajstić information content (AvgIpc) is 2.64. The van der Waals surface area contributed by atoms with Gasteiger partial charge in [0.2, 0.25) is 0 Å². The first-order chi connectivity index (χ1) is 11.7. The monoisotopic (exact) mass is 342 g/mol. The van der Waals surface area contributed by atoms with Gasteiger partial charge in [0, 0.05) is 0 Å². The van der Waals surface area contributed by atoms with E-state index in [2.05, 4.69) is 0 Å². The average molecular weight is 342 g/mol. The van der Waals surface area contributed by atoms with Gasteiger partial charge in [-0.05, 0) is 32.1 Å². The van der Waals surface area contributed by atoms with E-state index in [-0.39, 0.29) is 18.0 Å². The van der Waals surface area contributed by atoms with Crippen LogP contribution in [0.3, 0.4) is 0 Å². The Balaban J connectivity index is 1.73. The number of carbonyl (C=O) groups is 2. The van der Waals surface area contributed by atoms with E-state index in [0.29, 0.717) is 32.2 Å². The van der Waals surface area contributed by atoms with E-state index in [1.807, 2.05) is 0 Å². The van der Waals surface area contributed by atoms with Crippen molar-refractivity contribution in [2.75, 3.05) is 27.4 Å². The minimum atomic E-state index is -0.486. The Morgan fingerprint density at radius 3 is 1.96 bits per heavy atom. The quantitative estimate of drug-likeness (QED) is 0.523. The molecule has 0 aromatic carbocycles. The SMILES string of the molecule is COC(=O)C1CCC(OCCOC2CCCCC2)CC1C(=O)OC. The van der Waals surface area contributed by atoms with Crippen LogP contribution in [0.1, 0.15) is 51.4 Å². The van der Waals surface area contributed by atoms with E-state index in [1.165, 1.54) is 33.5 Å². The molecule has 0 amide bonds. The Labute approximate surface area is 144 Å². The zero-order chi connectivity index (χ0) is 17.4. The molecule has 0 radical (unpaired) electrons. The topological polar surface area (TPSA) is 71.1 Å². The van der Waals surface area contributed by atoms with Gasteiger partial charge in [0.05, 0.1) is 51.5 Å². The lowest BCUT2D eigenvalue weighted by atomic mass is 9.78. The number of esters is 2. The van der Waals surface area contributed by atoms with Gasteiger partial charge < -0.3 is 18.9 Å². The highest BCUT2D eigenvalue weighted by molar-refractivity contribution is 5.82. The first-order valence-electron chi connectivity index (χ1n) is 9.04. The Morgan fingerprint density at radius 1 is 0.750 bits per heavy atom. The standard InChI is InChI=1S/C18H30O6/c1-21-17(19)15-9-8-14(12-16(15)18(20)22-2)24-11-10-23-13-6-4-3-5-7-13/h13-16H,3-12H2,1-2H3. The van der Waals surface area contributed by atoms with E-state index in [1.54, 1.807) is 0 Å². The highest BCUT2D eigenvalue weighted by Crippen LogP contribution is 2.33. The van der Waals surface area contributed by atoms with Crippen LogP contribution in [0.4, 0.5) is 0 Å². The Bertz CT molecular complexity index is 404. The van der Waals surface area contributed by atoms with Gasteiger partial charge in [-0.25, -0.2) is 0 Å². The summed E-state index contributed by atoms with van der Waals surface area (Å²) in [7, 11) is 2.70. The molecule has 0 aromatic heterocycles. The predicted molar refractivity (Wildman–Crippen MR) is 87.4 cm³/mol. The fourth-order valence-corrected chi connectivity index (χ4v) is 3.79. The van der Waals surface area contributed by atoms with Crippen molar-refractivity contribution in [1.29, 1.82) is 0 Å². The Kier molecular flexibility index (Phi) is 7.99. The first-order valence-corrected chi connectivity index (χ1v) is 9.04. The van der Waals surface area contributed by atoms with E-state index in [9.17, 15) is 9.59 Å². The summed E-state index contributed by atoms with van der Waals surface area (Å²) in [4.78, 5) is 23.8. The molecule has 0 heterocycles. The summed E-state index contributed by atoms with van der Waals surface area (Å²) in [6.07, 6.45) is 8.28. The molecule has 2 rings (SSSR count). The summed E-state index contributed by atoms with van der Waals surface area (Å²) >= 11 is 0. The zero-order valence-corrected chi connectivity index (χ0v) is 14.8. The third-order valence-corrected chi connectivity index (χ3v) is 5.15. The predicted octanol–water partition coefficient (Wildman–Crippen LogP) is 2.48. The van der Waals surface area contributed by atoms with Crippen LogP contribution in [0, 0.1) is 11.8 Å². The fraction of sp³-hybridized carbons (Fsp3) is 0.889. The highest BCUT2D eigenvalue weighted by atomic mass is 16.5. The second-order valence-corrected chi connectivity index (χ2v) is 6.70. The van der Waals surface area contributed by atoms with E-state index in [4.69, 9.17) is 18.9 Å². The van der Waals surface area contributed by atoms with E-state index < -0.39 is 11.8 Å². The first kappa shape index (κ1) is 19.2. The van der Waals surface area contributed by atoms with Crippen molar-refractivity contribution in [3.8, 4) is 0 Å². The summed E-state index contributed by atoms with van der Waals surface area (Å²) < 4.78 is 21.4. The molecule has 138 valence electrons. The number of methoxy groups -OCH3 is 2. The van der Waals surface area contributed by atoms with Gasteiger partial charge in [-0.2, -0.15) is 0 Å². The normalized spacial score (nSPS) is 28.3. The van der Waals surface area contributed by atoms with Gasteiger partial charge in [-0.15, -0.1) is 0 Å². The zero-order valence-electron chi connectivity index (χ0n) is 14.8. The molecule has 24 heavy (non-hydrogen) atoms. The molecule has 0 N–H and O–H groups in total. The second-order valence-electron chi connectivity index (χ2n) is 6.70. The van der Waals surface area contributed by atoms with Crippen LogP contribution in [-0.4, -0.2) is 51.6 Å². The van der Waals surface area contributed by atoms with E-state index in [0.717, 1.165) is 19.3 Å². The van der Waals surface area contributed by atoms with Gasteiger partial charge in [-0.1, -0.05) is 19.3 Å². The molecule has 2 aliphatic rings. The molecule has 2 aliphatic carbocycles. The van der Waals surface area contributed by atoms with Crippen LogP contribution in [0.5, 0.6) is 0 Å². The van der Waals surface area contributed by atoms with Crippen LogP contribution in [0.2, 0.25) is 0 Å². The van der Waals surface area contributed by atoms with Gasteiger partial charge in [0.15, 0.2) is 0 Å². The minimum Gasteiger partial charge on any atom is -0.469 e. The molecule has 2 saturated carbocycles. The summed E-state index contributed by atoms with van der Waals surface area (Å²) in [6, 6.07) is 0. The minimum absolute atomic E-state index is 0.0371. The molecule has 6 nitrogen and oxygen atoms in total. The fourth-order valence-electron chi connectivity index (χ4n) is 3.79. The van der Waals surface area contributed by atoms with E-state index >= 15 is 0 Å². The summed E-state index contributed by atoms with van der Waals surface area (Å²) in [6.45, 7) is 1.11. The summed E-state index contributed by atoms with van der Waals surface area (Å²) in [5, 5.41) is 0. The third kappa shape index (κ3) is 5.45. The van der Waals surface area contributed by atoms with Crippen LogP contribution >= 0.6 is 0 Å². The van der Waals surface area contributed by atoms with Crippen molar-refractivity contribution >= 4 is 11.9 Å². The lowest BCUT2D eigenvalue weighted by Gasteiger charge is -2.33. The summed E-state index contributed by atoms with van der Waals surface area (Å²) in [5.41, 5.74) is 0. The van der Waals surface area contributed by atoms with Gasteiger partial charge in [-0.3, -0.25) is 9.59 Å². The summed E-state index contributed by atoms with van der Waals surface area (Å²) in [5.74, 6) is -1.62. The molecule has 0 saturated heterocycles. The molecule has 6 heteroatoms. The van der Waals surface area contributed by atoms with Gasteiger partial charge >= 0.3 is 11.9 Å². The van der Waals surface area contributed by atoms with Crippen molar-refractivity contribution in [2.24, 2.45) is 11.8 Å². The lowest BCUT2D eigenvalue weighted by Crippen LogP contribution is -2.39. The number of rotatable bonds is 7. The molecular weight excluding hydrogens is 312 g/mol. The molecule has 0 aliphatic heterocycles. The van der Waals surface area contributed by atoms with Gasteiger partial charge in [0.1, 0.15) is 0 Å². The number of carbonyl (C=O) groups excluding carboxylic acids is 2. The molecule has 3 atom stereocenters. The number of hydrogen-bond donors (Lipinski definition) is 0. The van der Waals surface area contributed by atoms with Crippen molar-refractivity contribution < 1.29 is 28.5 Å². The van der Waals surface area contributed by atoms with Crippen LogP contribution in [-0.2, 0) is 28.5 Å². The van der Waals surface area contributed by atoms with Crippen LogP contribution < -0.4 is 0 Å². The maximum Gasteiger partial charge on any atom is 0.309 e. The largest absolute Gasteiger partial charge is 0.469 e. The second kappa shape index (κ2) is 9.99. The van der Waals surface area contributed by atoms with Crippen LogP contribution in [0.25, 0.3) is 0 Å². The Hall–Kier alpha value is -1.14. The van der Waals surface area contributed by atoms with Crippen molar-refractivity contribution in [1.82, 2.24) is 0 Å². The number of ether oxygens (including phenoxy) is 4. The maximum atomic E-state index is 12.0. The Morgan fingerprint density at radius 2 is 1.33 bits per heavy atom. The third-order valence-electron chi connectivity index (χ3n) is 5.15. The number of hydrogen-bond acceptors (Lipinski definition) is 6. The van der Waals surface area contributed by atoms with Crippen LogP contribution in [0.15, 0.2) is 0 Å². The molecular formula is C18H30O6.